The van der Waals surface area contributed by atoms with E-state index in [0.717, 1.165) is 36.7 Å². The first-order valence-electron chi connectivity index (χ1n) is 9.68. The molecule has 1 aliphatic heterocycles. The Bertz CT molecular complexity index is 766. The summed E-state index contributed by atoms with van der Waals surface area (Å²) in [7, 11) is 0. The van der Waals surface area contributed by atoms with Gasteiger partial charge in [0.05, 0.1) is 25.5 Å². The van der Waals surface area contributed by atoms with Crippen LogP contribution >= 0.6 is 0 Å². The van der Waals surface area contributed by atoms with Crippen molar-refractivity contribution >= 4 is 11.5 Å². The van der Waals surface area contributed by atoms with Crippen LogP contribution in [0.1, 0.15) is 30.9 Å². The van der Waals surface area contributed by atoms with E-state index in [-0.39, 0.29) is 5.92 Å². The van der Waals surface area contributed by atoms with Gasteiger partial charge in [0.15, 0.2) is 0 Å². The highest BCUT2D eigenvalue weighted by molar-refractivity contribution is 6.07. The summed E-state index contributed by atoms with van der Waals surface area (Å²) < 4.78 is 0. The van der Waals surface area contributed by atoms with Crippen molar-refractivity contribution in [3.8, 4) is 0 Å². The summed E-state index contributed by atoms with van der Waals surface area (Å²) in [6.07, 6.45) is 0. The molecule has 0 saturated heterocycles. The topological polar surface area (TPSA) is 57.2 Å². The van der Waals surface area contributed by atoms with Crippen LogP contribution in [0.5, 0.6) is 0 Å². The van der Waals surface area contributed by atoms with Crippen LogP contribution in [-0.2, 0) is 0 Å². The van der Waals surface area contributed by atoms with Crippen LogP contribution in [0.25, 0.3) is 0 Å². The van der Waals surface area contributed by atoms with Gasteiger partial charge in [-0.15, -0.1) is 0 Å². The standard InChI is InChI=1S/C22H29N5/c1-3-26(4-2)17-24-21(15-23)27-16-20(18-11-7-5-8-12-18)22(25-27)19-13-9-6-10-14-19/h5-14,20H,3-4,15-17,23H2,1-2H3/b24-21-. The quantitative estimate of drug-likeness (QED) is 0.607. The molecule has 2 N–H and O–H groups in total. The van der Waals surface area contributed by atoms with Crippen molar-refractivity contribution in [3.05, 3.63) is 71.8 Å². The van der Waals surface area contributed by atoms with Gasteiger partial charge in [0.25, 0.3) is 0 Å². The average Bonchev–Trinajstić information content (AvgIpc) is 3.18. The van der Waals surface area contributed by atoms with Crippen LogP contribution in [0.2, 0.25) is 0 Å². The summed E-state index contributed by atoms with van der Waals surface area (Å²) in [5, 5.41) is 6.93. The molecular formula is C22H29N5. The molecular weight excluding hydrogens is 334 g/mol. The number of nitrogens with two attached hydrogens (primary N) is 1. The lowest BCUT2D eigenvalue weighted by molar-refractivity contribution is 0.311. The van der Waals surface area contributed by atoms with Crippen LogP contribution < -0.4 is 5.73 Å². The molecule has 0 amide bonds. The van der Waals surface area contributed by atoms with Crippen LogP contribution in [0, 0.1) is 0 Å². The molecule has 0 fully saturated rings. The van der Waals surface area contributed by atoms with Gasteiger partial charge in [-0.2, -0.15) is 5.10 Å². The van der Waals surface area contributed by atoms with Crippen molar-refractivity contribution in [3.63, 3.8) is 0 Å². The minimum absolute atomic E-state index is 0.207. The van der Waals surface area contributed by atoms with Gasteiger partial charge in [-0.25, -0.2) is 5.01 Å². The van der Waals surface area contributed by atoms with Gasteiger partial charge in [0.2, 0.25) is 0 Å². The molecule has 5 nitrogen and oxygen atoms in total. The Morgan fingerprint density at radius 2 is 1.70 bits per heavy atom. The molecule has 1 unspecified atom stereocenters. The van der Waals surface area contributed by atoms with E-state index in [0.29, 0.717) is 13.2 Å². The number of aliphatic imine (C=N–C) groups is 1. The van der Waals surface area contributed by atoms with Gasteiger partial charge in [-0.1, -0.05) is 74.5 Å². The van der Waals surface area contributed by atoms with Gasteiger partial charge in [0.1, 0.15) is 5.84 Å². The first-order chi connectivity index (χ1) is 13.3. The fraction of sp³-hybridized carbons (Fsp3) is 0.364. The molecule has 0 spiro atoms. The normalized spacial score (nSPS) is 17.5. The third-order valence-electron chi connectivity index (χ3n) is 5.01. The van der Waals surface area contributed by atoms with E-state index < -0.39 is 0 Å². The van der Waals surface area contributed by atoms with Gasteiger partial charge in [0, 0.05) is 5.92 Å². The molecule has 0 aliphatic carbocycles. The van der Waals surface area contributed by atoms with Crippen molar-refractivity contribution in [2.75, 3.05) is 32.8 Å². The molecule has 27 heavy (non-hydrogen) atoms. The Balaban J connectivity index is 1.90. The molecule has 0 aromatic heterocycles. The number of amidine groups is 1. The second-order valence-electron chi connectivity index (χ2n) is 6.62. The van der Waals surface area contributed by atoms with Gasteiger partial charge in [-0.3, -0.25) is 9.89 Å². The highest BCUT2D eigenvalue weighted by Crippen LogP contribution is 2.28. The van der Waals surface area contributed by atoms with Crippen molar-refractivity contribution in [1.82, 2.24) is 9.91 Å². The summed E-state index contributed by atoms with van der Waals surface area (Å²) in [4.78, 5) is 7.02. The monoisotopic (exact) mass is 363 g/mol. The van der Waals surface area contributed by atoms with E-state index in [2.05, 4.69) is 67.3 Å². The summed E-state index contributed by atoms with van der Waals surface area (Å²) >= 11 is 0. The number of benzene rings is 2. The molecule has 2 aromatic carbocycles. The smallest absolute Gasteiger partial charge is 0.135 e. The zero-order valence-electron chi connectivity index (χ0n) is 16.3. The minimum atomic E-state index is 0.207. The number of hydrogen-bond donors (Lipinski definition) is 1. The van der Waals surface area contributed by atoms with Gasteiger partial charge >= 0.3 is 0 Å². The molecule has 0 saturated carbocycles. The van der Waals surface area contributed by atoms with E-state index >= 15 is 0 Å². The Morgan fingerprint density at radius 1 is 1.07 bits per heavy atom. The Kier molecular flexibility index (Phi) is 6.74. The van der Waals surface area contributed by atoms with E-state index in [1.165, 1.54) is 5.56 Å². The van der Waals surface area contributed by atoms with E-state index in [1.54, 1.807) is 0 Å². The van der Waals surface area contributed by atoms with Crippen LogP contribution in [0.15, 0.2) is 70.8 Å². The zero-order chi connectivity index (χ0) is 19.1. The average molecular weight is 364 g/mol. The molecule has 1 atom stereocenters. The number of rotatable bonds is 7. The Morgan fingerprint density at radius 3 is 2.30 bits per heavy atom. The third-order valence-corrected chi connectivity index (χ3v) is 5.01. The highest BCUT2D eigenvalue weighted by Gasteiger charge is 2.30. The van der Waals surface area contributed by atoms with Crippen molar-refractivity contribution < 1.29 is 0 Å². The lowest BCUT2D eigenvalue weighted by atomic mass is 9.91. The molecule has 2 aromatic rings. The lowest BCUT2D eigenvalue weighted by Gasteiger charge is -2.20. The number of hydrazone groups is 1. The summed E-state index contributed by atoms with van der Waals surface area (Å²) in [5.41, 5.74) is 9.52. The highest BCUT2D eigenvalue weighted by atomic mass is 15.5. The second kappa shape index (κ2) is 9.44. The second-order valence-corrected chi connectivity index (χ2v) is 6.62. The van der Waals surface area contributed by atoms with E-state index in [9.17, 15) is 0 Å². The minimum Gasteiger partial charge on any atom is -0.324 e. The molecule has 1 heterocycles. The Labute approximate surface area is 162 Å². The van der Waals surface area contributed by atoms with Gasteiger partial charge in [-0.05, 0) is 24.2 Å². The fourth-order valence-electron chi connectivity index (χ4n) is 3.34. The SMILES string of the molecule is CCN(CC)C/N=C(/CN)N1CC(c2ccccc2)C(c2ccccc2)=N1. The number of hydrogen-bond acceptors (Lipinski definition) is 4. The number of nitrogens with zero attached hydrogens (tertiary/aromatic N) is 4. The summed E-state index contributed by atoms with van der Waals surface area (Å²) in [6, 6.07) is 20.9. The van der Waals surface area contributed by atoms with Gasteiger partial charge < -0.3 is 5.73 Å². The van der Waals surface area contributed by atoms with Crippen molar-refractivity contribution in [2.45, 2.75) is 19.8 Å². The predicted molar refractivity (Wildman–Crippen MR) is 113 cm³/mol. The first kappa shape index (κ1) is 19.3. The molecule has 0 radical (unpaired) electrons. The van der Waals surface area contributed by atoms with Crippen LogP contribution in [0.4, 0.5) is 0 Å². The molecule has 3 rings (SSSR count). The van der Waals surface area contributed by atoms with Crippen LogP contribution in [-0.4, -0.2) is 54.3 Å². The predicted octanol–water partition coefficient (Wildman–Crippen LogP) is 3.15. The maximum absolute atomic E-state index is 6.03. The zero-order valence-corrected chi connectivity index (χ0v) is 16.3. The van der Waals surface area contributed by atoms with E-state index in [1.807, 2.05) is 17.1 Å². The molecule has 0 bridgehead atoms. The molecule has 5 heteroatoms. The summed E-state index contributed by atoms with van der Waals surface area (Å²) in [6.45, 7) is 8.05. The molecule has 1 aliphatic rings. The summed E-state index contributed by atoms with van der Waals surface area (Å²) in [5.74, 6) is 1.05. The van der Waals surface area contributed by atoms with Crippen molar-refractivity contribution in [2.24, 2.45) is 15.8 Å². The Hall–Kier alpha value is -2.50. The molecule has 142 valence electrons. The fourth-order valence-corrected chi connectivity index (χ4v) is 3.34. The van der Waals surface area contributed by atoms with E-state index in [4.69, 9.17) is 15.8 Å². The maximum Gasteiger partial charge on any atom is 0.135 e. The van der Waals surface area contributed by atoms with Crippen molar-refractivity contribution in [1.29, 1.82) is 0 Å². The largest absolute Gasteiger partial charge is 0.324 e. The maximum atomic E-state index is 6.03. The first-order valence-corrected chi connectivity index (χ1v) is 9.68. The van der Waals surface area contributed by atoms with Crippen LogP contribution in [0.3, 0.4) is 0 Å². The lowest BCUT2D eigenvalue weighted by Crippen LogP contribution is -2.34. The third kappa shape index (κ3) is 4.62.